The Balaban J connectivity index is 1.68. The number of hydrogen-bond donors (Lipinski definition) is 1. The van der Waals surface area contributed by atoms with E-state index in [1.807, 2.05) is 0 Å². The average molecular weight is 237 g/mol. The molecule has 2 aliphatic rings. The van der Waals surface area contributed by atoms with Gasteiger partial charge in [0.25, 0.3) is 0 Å². The van der Waals surface area contributed by atoms with Crippen LogP contribution in [0.15, 0.2) is 5.38 Å². The quantitative estimate of drug-likeness (QED) is 0.845. The zero-order chi connectivity index (χ0) is 11.1. The molecule has 3 rings (SSSR count). The van der Waals surface area contributed by atoms with E-state index in [1.165, 1.54) is 30.3 Å². The van der Waals surface area contributed by atoms with Crippen molar-refractivity contribution >= 4 is 11.3 Å². The van der Waals surface area contributed by atoms with E-state index in [-0.39, 0.29) is 0 Å². The SMILES string of the molecule is Cc1nc(CN2CC3CNCC3C2C)cs1. The molecule has 0 radical (unpaired) electrons. The van der Waals surface area contributed by atoms with Crippen LogP contribution >= 0.6 is 11.3 Å². The highest BCUT2D eigenvalue weighted by Crippen LogP contribution is 2.33. The smallest absolute Gasteiger partial charge is 0.0897 e. The van der Waals surface area contributed by atoms with Crippen molar-refractivity contribution in [3.05, 3.63) is 16.1 Å². The Morgan fingerprint density at radius 2 is 2.44 bits per heavy atom. The number of aromatic nitrogens is 1. The molecule has 3 nitrogen and oxygen atoms in total. The summed E-state index contributed by atoms with van der Waals surface area (Å²) in [5.74, 6) is 1.73. The number of nitrogens with one attached hydrogen (secondary N) is 1. The fourth-order valence-electron chi connectivity index (χ4n) is 3.15. The van der Waals surface area contributed by atoms with E-state index in [9.17, 15) is 0 Å². The summed E-state index contributed by atoms with van der Waals surface area (Å²) in [5, 5.41) is 6.89. The molecule has 0 aromatic carbocycles. The lowest BCUT2D eigenvalue weighted by molar-refractivity contribution is 0.229. The summed E-state index contributed by atoms with van der Waals surface area (Å²) in [7, 11) is 0. The van der Waals surface area contributed by atoms with Crippen molar-refractivity contribution in [2.45, 2.75) is 26.4 Å². The van der Waals surface area contributed by atoms with E-state index in [2.05, 4.69) is 34.4 Å². The van der Waals surface area contributed by atoms with Crippen LogP contribution in [0, 0.1) is 18.8 Å². The molecule has 1 aromatic rings. The number of fused-ring (bicyclic) bond motifs is 1. The third kappa shape index (κ3) is 1.79. The lowest BCUT2D eigenvalue weighted by Gasteiger charge is -2.23. The van der Waals surface area contributed by atoms with Crippen molar-refractivity contribution in [1.29, 1.82) is 0 Å². The first-order valence-electron chi connectivity index (χ1n) is 6.10. The summed E-state index contributed by atoms with van der Waals surface area (Å²) in [4.78, 5) is 7.17. The molecule has 1 aromatic heterocycles. The summed E-state index contributed by atoms with van der Waals surface area (Å²) in [6.45, 7) is 9.16. The summed E-state index contributed by atoms with van der Waals surface area (Å²) in [6.07, 6.45) is 0. The van der Waals surface area contributed by atoms with Crippen LogP contribution in [0.1, 0.15) is 17.6 Å². The predicted molar refractivity (Wildman–Crippen MR) is 66.6 cm³/mol. The van der Waals surface area contributed by atoms with E-state index in [1.54, 1.807) is 11.3 Å². The molecule has 0 amide bonds. The molecule has 0 saturated carbocycles. The lowest BCUT2D eigenvalue weighted by Crippen LogP contribution is -2.32. The summed E-state index contributed by atoms with van der Waals surface area (Å²) < 4.78 is 0. The number of rotatable bonds is 2. The number of thiazole rings is 1. The summed E-state index contributed by atoms with van der Waals surface area (Å²) >= 11 is 1.76. The van der Waals surface area contributed by atoms with Gasteiger partial charge in [-0.15, -0.1) is 11.3 Å². The van der Waals surface area contributed by atoms with Gasteiger partial charge < -0.3 is 5.32 Å². The highest BCUT2D eigenvalue weighted by molar-refractivity contribution is 7.09. The molecule has 0 spiro atoms. The van der Waals surface area contributed by atoms with Crippen molar-refractivity contribution in [1.82, 2.24) is 15.2 Å². The Hall–Kier alpha value is -0.450. The Morgan fingerprint density at radius 1 is 1.56 bits per heavy atom. The van der Waals surface area contributed by atoms with E-state index in [4.69, 9.17) is 0 Å². The fraction of sp³-hybridized carbons (Fsp3) is 0.750. The largest absolute Gasteiger partial charge is 0.316 e. The predicted octanol–water partition coefficient (Wildman–Crippen LogP) is 1.49. The van der Waals surface area contributed by atoms with Gasteiger partial charge >= 0.3 is 0 Å². The van der Waals surface area contributed by atoms with Gasteiger partial charge in [0.2, 0.25) is 0 Å². The maximum Gasteiger partial charge on any atom is 0.0897 e. The van der Waals surface area contributed by atoms with Crippen molar-refractivity contribution < 1.29 is 0 Å². The maximum atomic E-state index is 4.56. The molecule has 1 N–H and O–H groups in total. The van der Waals surface area contributed by atoms with Gasteiger partial charge in [0.15, 0.2) is 0 Å². The molecular formula is C12H19N3S. The summed E-state index contributed by atoms with van der Waals surface area (Å²) in [6, 6.07) is 0.710. The van der Waals surface area contributed by atoms with Gasteiger partial charge in [-0.1, -0.05) is 0 Å². The molecule has 4 heteroatoms. The molecule has 0 aliphatic carbocycles. The van der Waals surface area contributed by atoms with Gasteiger partial charge in [-0.3, -0.25) is 4.90 Å². The zero-order valence-electron chi connectivity index (χ0n) is 9.94. The van der Waals surface area contributed by atoms with Gasteiger partial charge in [0, 0.05) is 24.5 Å². The normalized spacial score (nSPS) is 34.5. The first-order chi connectivity index (χ1) is 7.74. The Kier molecular flexibility index (Phi) is 2.73. The second-order valence-corrected chi connectivity index (χ2v) is 6.17. The summed E-state index contributed by atoms with van der Waals surface area (Å²) in [5.41, 5.74) is 1.25. The highest BCUT2D eigenvalue weighted by atomic mass is 32.1. The second-order valence-electron chi connectivity index (χ2n) is 5.11. The lowest BCUT2D eigenvalue weighted by atomic mass is 9.95. The van der Waals surface area contributed by atoms with Gasteiger partial charge in [-0.2, -0.15) is 0 Å². The Morgan fingerprint density at radius 3 is 3.12 bits per heavy atom. The van der Waals surface area contributed by atoms with Gasteiger partial charge in [-0.05, 0) is 38.8 Å². The molecule has 2 aliphatic heterocycles. The molecule has 3 atom stereocenters. The fourth-order valence-corrected chi connectivity index (χ4v) is 3.76. The van der Waals surface area contributed by atoms with E-state index >= 15 is 0 Å². The van der Waals surface area contributed by atoms with E-state index in [0.717, 1.165) is 18.4 Å². The van der Waals surface area contributed by atoms with Gasteiger partial charge in [0.1, 0.15) is 0 Å². The molecule has 0 bridgehead atoms. The van der Waals surface area contributed by atoms with Crippen LogP contribution in [0.25, 0.3) is 0 Å². The van der Waals surface area contributed by atoms with Crippen molar-refractivity contribution in [3.8, 4) is 0 Å². The number of nitrogens with zero attached hydrogens (tertiary/aromatic N) is 2. The second kappa shape index (κ2) is 4.09. The minimum atomic E-state index is 0.710. The monoisotopic (exact) mass is 237 g/mol. The topological polar surface area (TPSA) is 28.2 Å². The molecule has 88 valence electrons. The third-order valence-corrected chi connectivity index (χ3v) is 4.91. The minimum absolute atomic E-state index is 0.710. The number of likely N-dealkylation sites (tertiary alicyclic amines) is 1. The van der Waals surface area contributed by atoms with Crippen LogP contribution in [0.3, 0.4) is 0 Å². The van der Waals surface area contributed by atoms with Crippen LogP contribution in [0.4, 0.5) is 0 Å². The average Bonchev–Trinajstić information content (AvgIpc) is 2.90. The van der Waals surface area contributed by atoms with E-state index in [0.29, 0.717) is 6.04 Å². The Labute approximate surface area is 101 Å². The molecule has 3 unspecified atom stereocenters. The minimum Gasteiger partial charge on any atom is -0.316 e. The van der Waals surface area contributed by atoms with Gasteiger partial charge in [-0.25, -0.2) is 4.98 Å². The van der Waals surface area contributed by atoms with Crippen LogP contribution < -0.4 is 5.32 Å². The van der Waals surface area contributed by atoms with Crippen LogP contribution in [-0.4, -0.2) is 35.6 Å². The van der Waals surface area contributed by atoms with Crippen molar-refractivity contribution in [2.75, 3.05) is 19.6 Å². The maximum absolute atomic E-state index is 4.56. The molecule has 2 fully saturated rings. The standard InChI is InChI=1S/C12H19N3S/c1-8-12-4-13-3-10(12)5-15(8)6-11-7-16-9(2)14-11/h7-8,10,12-13H,3-6H2,1-2H3. The molecule has 2 saturated heterocycles. The molecular weight excluding hydrogens is 218 g/mol. The van der Waals surface area contributed by atoms with Crippen molar-refractivity contribution in [2.24, 2.45) is 11.8 Å². The van der Waals surface area contributed by atoms with Crippen LogP contribution in [-0.2, 0) is 6.54 Å². The van der Waals surface area contributed by atoms with Crippen molar-refractivity contribution in [3.63, 3.8) is 0 Å². The van der Waals surface area contributed by atoms with Gasteiger partial charge in [0.05, 0.1) is 10.7 Å². The first kappa shape index (κ1) is 10.7. The number of hydrogen-bond acceptors (Lipinski definition) is 4. The molecule has 3 heterocycles. The highest BCUT2D eigenvalue weighted by Gasteiger charge is 2.41. The van der Waals surface area contributed by atoms with Crippen LogP contribution in [0.2, 0.25) is 0 Å². The first-order valence-corrected chi connectivity index (χ1v) is 6.98. The Bertz CT molecular complexity index is 376. The number of aryl methyl sites for hydroxylation is 1. The van der Waals surface area contributed by atoms with E-state index < -0.39 is 0 Å². The third-order valence-electron chi connectivity index (χ3n) is 4.09. The zero-order valence-corrected chi connectivity index (χ0v) is 10.8. The molecule has 16 heavy (non-hydrogen) atoms. The van der Waals surface area contributed by atoms with Crippen LogP contribution in [0.5, 0.6) is 0 Å².